The summed E-state index contributed by atoms with van der Waals surface area (Å²) in [4.78, 5) is 10.7. The van der Waals surface area contributed by atoms with Crippen LogP contribution in [0.4, 0.5) is 0 Å². The molecule has 2 rings (SSSR count). The van der Waals surface area contributed by atoms with E-state index in [0.29, 0.717) is 18.8 Å². The van der Waals surface area contributed by atoms with E-state index in [1.165, 1.54) is 7.11 Å². The lowest BCUT2D eigenvalue weighted by Gasteiger charge is -2.10. The van der Waals surface area contributed by atoms with Crippen molar-refractivity contribution in [2.75, 3.05) is 13.7 Å². The second-order valence-electron chi connectivity index (χ2n) is 6.28. The number of carbonyl (C=O) groups is 1. The Balaban J connectivity index is 2.17. The summed E-state index contributed by atoms with van der Waals surface area (Å²) in [6.07, 6.45) is 9.31. The van der Waals surface area contributed by atoms with Crippen LogP contribution >= 0.6 is 0 Å². The standard InChI is InChI=1S/C23H26O5/c1-3-4-14-28-21-15-18(10-13-23(25)26)8-11-19(21)7-5-6-17-9-12-20(24)22(16-17)27-2/h5,7-13,15-16,24H,3-4,6,14H2,1-2H3,(H,25,26)/b7-5+,13-10+. The Hall–Kier alpha value is -3.21. The van der Waals surface area contributed by atoms with Crippen LogP contribution in [-0.2, 0) is 11.2 Å². The van der Waals surface area contributed by atoms with Crippen LogP contribution in [0.25, 0.3) is 12.2 Å². The van der Waals surface area contributed by atoms with Gasteiger partial charge in [-0.3, -0.25) is 0 Å². The lowest BCUT2D eigenvalue weighted by molar-refractivity contribution is -0.131. The summed E-state index contributed by atoms with van der Waals surface area (Å²) in [7, 11) is 1.52. The molecule has 148 valence electrons. The summed E-state index contributed by atoms with van der Waals surface area (Å²) in [6.45, 7) is 2.71. The predicted molar refractivity (Wildman–Crippen MR) is 111 cm³/mol. The van der Waals surface area contributed by atoms with Crippen LogP contribution in [0.5, 0.6) is 17.2 Å². The van der Waals surface area contributed by atoms with Crippen LogP contribution in [0.1, 0.15) is 36.5 Å². The lowest BCUT2D eigenvalue weighted by Crippen LogP contribution is -1.98. The molecule has 0 aliphatic heterocycles. The van der Waals surface area contributed by atoms with Gasteiger partial charge in [-0.25, -0.2) is 4.79 Å². The van der Waals surface area contributed by atoms with E-state index in [0.717, 1.165) is 41.4 Å². The maximum Gasteiger partial charge on any atom is 0.328 e. The van der Waals surface area contributed by atoms with Gasteiger partial charge in [0.1, 0.15) is 5.75 Å². The fourth-order valence-electron chi connectivity index (χ4n) is 2.58. The number of benzene rings is 2. The molecule has 0 aliphatic rings. The van der Waals surface area contributed by atoms with Gasteiger partial charge >= 0.3 is 5.97 Å². The number of carboxylic acids is 1. The highest BCUT2D eigenvalue weighted by Gasteiger charge is 2.04. The first-order valence-electron chi connectivity index (χ1n) is 9.23. The molecule has 0 atom stereocenters. The van der Waals surface area contributed by atoms with Gasteiger partial charge in [-0.2, -0.15) is 0 Å². The number of methoxy groups -OCH3 is 1. The van der Waals surface area contributed by atoms with Gasteiger partial charge in [-0.1, -0.05) is 43.7 Å². The third kappa shape index (κ3) is 6.50. The molecule has 2 N–H and O–H groups in total. The van der Waals surface area contributed by atoms with Crippen molar-refractivity contribution in [2.24, 2.45) is 0 Å². The van der Waals surface area contributed by atoms with Gasteiger partial charge in [0.05, 0.1) is 13.7 Å². The Morgan fingerprint density at radius 3 is 2.64 bits per heavy atom. The second kappa shape index (κ2) is 10.8. The number of phenolic OH excluding ortho intramolecular Hbond substituents is 1. The topological polar surface area (TPSA) is 76.0 Å². The van der Waals surface area contributed by atoms with E-state index in [1.807, 2.05) is 36.4 Å². The SMILES string of the molecule is CCCCOc1cc(/C=C/C(=O)O)ccc1/C=C/Cc1ccc(O)c(OC)c1. The first kappa shape index (κ1) is 21.1. The average molecular weight is 382 g/mol. The van der Waals surface area contributed by atoms with Gasteiger partial charge in [0.15, 0.2) is 11.5 Å². The van der Waals surface area contributed by atoms with E-state index < -0.39 is 5.97 Å². The van der Waals surface area contributed by atoms with Crippen molar-refractivity contribution in [3.05, 3.63) is 65.2 Å². The molecule has 5 nitrogen and oxygen atoms in total. The fourth-order valence-corrected chi connectivity index (χ4v) is 2.58. The third-order valence-electron chi connectivity index (χ3n) is 4.11. The lowest BCUT2D eigenvalue weighted by atomic mass is 10.1. The highest BCUT2D eigenvalue weighted by atomic mass is 16.5. The van der Waals surface area contributed by atoms with E-state index >= 15 is 0 Å². The van der Waals surface area contributed by atoms with E-state index in [1.54, 1.807) is 18.2 Å². The van der Waals surface area contributed by atoms with Crippen molar-refractivity contribution in [1.29, 1.82) is 0 Å². The van der Waals surface area contributed by atoms with Gasteiger partial charge in [-0.15, -0.1) is 0 Å². The monoisotopic (exact) mass is 382 g/mol. The van der Waals surface area contributed by atoms with Crippen molar-refractivity contribution < 1.29 is 24.5 Å². The van der Waals surface area contributed by atoms with Crippen LogP contribution < -0.4 is 9.47 Å². The number of aromatic hydroxyl groups is 1. The zero-order valence-corrected chi connectivity index (χ0v) is 16.2. The summed E-state index contributed by atoms with van der Waals surface area (Å²) in [5.74, 6) is 0.304. The zero-order valence-electron chi connectivity index (χ0n) is 16.2. The minimum atomic E-state index is -0.984. The van der Waals surface area contributed by atoms with Gasteiger partial charge < -0.3 is 19.7 Å². The molecule has 0 unspecified atom stereocenters. The number of hydrogen-bond acceptors (Lipinski definition) is 4. The smallest absolute Gasteiger partial charge is 0.328 e. The Bertz CT molecular complexity index is 852. The number of phenols is 1. The Morgan fingerprint density at radius 1 is 1.11 bits per heavy atom. The minimum Gasteiger partial charge on any atom is -0.504 e. The number of rotatable bonds is 10. The summed E-state index contributed by atoms with van der Waals surface area (Å²) in [5.41, 5.74) is 2.71. The maximum absolute atomic E-state index is 10.7. The van der Waals surface area contributed by atoms with Crippen molar-refractivity contribution >= 4 is 18.1 Å². The zero-order chi connectivity index (χ0) is 20.4. The quantitative estimate of drug-likeness (QED) is 0.450. The number of allylic oxidation sites excluding steroid dienone is 1. The van der Waals surface area contributed by atoms with Gasteiger partial charge in [0.25, 0.3) is 0 Å². The number of hydrogen-bond donors (Lipinski definition) is 2. The number of ether oxygens (including phenoxy) is 2. The molecule has 0 heterocycles. The summed E-state index contributed by atoms with van der Waals surface area (Å²) in [6, 6.07) is 10.9. The molecule has 28 heavy (non-hydrogen) atoms. The Labute approximate surface area is 165 Å². The maximum atomic E-state index is 10.7. The normalized spacial score (nSPS) is 11.2. The van der Waals surface area contributed by atoms with Gasteiger partial charge in [0.2, 0.25) is 0 Å². The summed E-state index contributed by atoms with van der Waals surface area (Å²) >= 11 is 0. The van der Waals surface area contributed by atoms with Crippen molar-refractivity contribution in [3.63, 3.8) is 0 Å². The van der Waals surface area contributed by atoms with Crippen LogP contribution in [-0.4, -0.2) is 29.9 Å². The number of aliphatic carboxylic acids is 1. The highest BCUT2D eigenvalue weighted by molar-refractivity contribution is 5.85. The molecule has 0 fully saturated rings. The van der Waals surface area contributed by atoms with Crippen molar-refractivity contribution in [2.45, 2.75) is 26.2 Å². The summed E-state index contributed by atoms with van der Waals surface area (Å²) < 4.78 is 11.0. The first-order valence-corrected chi connectivity index (χ1v) is 9.23. The van der Waals surface area contributed by atoms with Crippen LogP contribution in [0, 0.1) is 0 Å². The molecule has 0 saturated heterocycles. The molecule has 0 saturated carbocycles. The Kier molecular flexibility index (Phi) is 8.15. The molecule has 0 aromatic heterocycles. The molecule has 2 aromatic carbocycles. The predicted octanol–water partition coefficient (Wildman–Crippen LogP) is 4.93. The highest BCUT2D eigenvalue weighted by Crippen LogP contribution is 2.27. The average Bonchev–Trinajstić information content (AvgIpc) is 2.69. The van der Waals surface area contributed by atoms with E-state index in [-0.39, 0.29) is 5.75 Å². The molecule has 0 amide bonds. The molecule has 0 aliphatic carbocycles. The van der Waals surface area contributed by atoms with Gasteiger partial charge in [0, 0.05) is 11.6 Å². The summed E-state index contributed by atoms with van der Waals surface area (Å²) in [5, 5.41) is 18.5. The van der Waals surface area contributed by atoms with E-state index in [4.69, 9.17) is 14.6 Å². The fraction of sp³-hybridized carbons (Fsp3) is 0.261. The molecule has 0 bridgehead atoms. The molecule has 5 heteroatoms. The third-order valence-corrected chi connectivity index (χ3v) is 4.11. The van der Waals surface area contributed by atoms with Crippen molar-refractivity contribution in [1.82, 2.24) is 0 Å². The first-order chi connectivity index (χ1) is 13.5. The number of unbranched alkanes of at least 4 members (excludes halogenated alkanes) is 1. The minimum absolute atomic E-state index is 0.117. The molecular formula is C23H26O5. The second-order valence-corrected chi connectivity index (χ2v) is 6.28. The molecule has 0 spiro atoms. The molecule has 2 aromatic rings. The van der Waals surface area contributed by atoms with Crippen LogP contribution in [0.15, 0.2) is 48.6 Å². The van der Waals surface area contributed by atoms with Crippen molar-refractivity contribution in [3.8, 4) is 17.2 Å². The largest absolute Gasteiger partial charge is 0.504 e. The molecule has 0 radical (unpaired) electrons. The van der Waals surface area contributed by atoms with E-state index in [2.05, 4.69) is 6.92 Å². The van der Waals surface area contributed by atoms with E-state index in [9.17, 15) is 9.90 Å². The van der Waals surface area contributed by atoms with Crippen LogP contribution in [0.2, 0.25) is 0 Å². The Morgan fingerprint density at radius 2 is 1.93 bits per heavy atom. The molecular weight excluding hydrogens is 356 g/mol. The van der Waals surface area contributed by atoms with Gasteiger partial charge in [-0.05, 0) is 48.2 Å². The number of carboxylic acid groups (broad SMARTS) is 1. The van der Waals surface area contributed by atoms with Crippen LogP contribution in [0.3, 0.4) is 0 Å².